The molecule has 9 heteroatoms. The standard InChI is InChI=1S/C23H26ClN3O4S/c1-23(2,3)31-22(28)27-11-9-26(10-12-27)17-5-4-6-18(14-17)32(29,30)21-15-25-20-8-7-16(24)13-19(20)21/h4-8,13-15,25H,9-12H2,1-3H3. The highest BCUT2D eigenvalue weighted by Crippen LogP contribution is 2.32. The molecule has 1 amide bonds. The molecule has 0 radical (unpaired) electrons. The number of aromatic nitrogens is 1. The fourth-order valence-corrected chi connectivity index (χ4v) is 5.37. The second-order valence-corrected chi connectivity index (χ2v) is 11.2. The van der Waals surface area contributed by atoms with Crippen molar-refractivity contribution in [2.75, 3.05) is 31.1 Å². The first-order valence-corrected chi connectivity index (χ1v) is 12.3. The fraction of sp³-hybridized carbons (Fsp3) is 0.348. The first-order valence-electron chi connectivity index (χ1n) is 10.4. The third kappa shape index (κ3) is 4.56. The number of ether oxygens (including phenoxy) is 1. The zero-order valence-electron chi connectivity index (χ0n) is 18.3. The first kappa shape index (κ1) is 22.5. The summed E-state index contributed by atoms with van der Waals surface area (Å²) in [6, 6.07) is 12.0. The predicted octanol–water partition coefficient (Wildman–Crippen LogP) is 4.71. The van der Waals surface area contributed by atoms with E-state index in [1.54, 1.807) is 41.3 Å². The van der Waals surface area contributed by atoms with E-state index in [1.165, 1.54) is 6.20 Å². The molecule has 1 fully saturated rings. The van der Waals surface area contributed by atoms with Gasteiger partial charge in [-0.3, -0.25) is 0 Å². The summed E-state index contributed by atoms with van der Waals surface area (Å²) in [5.41, 5.74) is 0.971. The van der Waals surface area contributed by atoms with E-state index in [0.29, 0.717) is 42.1 Å². The Bertz CT molecular complexity index is 1260. The number of rotatable bonds is 3. The minimum absolute atomic E-state index is 0.196. The molecule has 0 atom stereocenters. The van der Waals surface area contributed by atoms with E-state index in [4.69, 9.17) is 16.3 Å². The number of hydrogen-bond acceptors (Lipinski definition) is 5. The summed E-state index contributed by atoms with van der Waals surface area (Å²) >= 11 is 6.09. The number of benzene rings is 2. The van der Waals surface area contributed by atoms with Crippen molar-refractivity contribution in [1.82, 2.24) is 9.88 Å². The largest absolute Gasteiger partial charge is 0.444 e. The molecule has 0 spiro atoms. The van der Waals surface area contributed by atoms with Crippen molar-refractivity contribution < 1.29 is 17.9 Å². The summed E-state index contributed by atoms with van der Waals surface area (Å²) in [6.45, 7) is 7.72. The zero-order chi connectivity index (χ0) is 23.1. The molecule has 1 saturated heterocycles. The Morgan fingerprint density at radius 3 is 2.47 bits per heavy atom. The van der Waals surface area contributed by atoms with Gasteiger partial charge in [-0.15, -0.1) is 0 Å². The topological polar surface area (TPSA) is 82.7 Å². The number of amides is 1. The Kier molecular flexibility index (Phi) is 5.85. The molecule has 0 saturated carbocycles. The Hall–Kier alpha value is -2.71. The maximum absolute atomic E-state index is 13.4. The molecule has 170 valence electrons. The van der Waals surface area contributed by atoms with E-state index in [2.05, 4.69) is 9.88 Å². The molecule has 7 nitrogen and oxygen atoms in total. The van der Waals surface area contributed by atoms with Crippen LogP contribution in [0.4, 0.5) is 10.5 Å². The van der Waals surface area contributed by atoms with Crippen LogP contribution in [-0.2, 0) is 14.6 Å². The second-order valence-electron chi connectivity index (χ2n) is 8.80. The lowest BCUT2D eigenvalue weighted by molar-refractivity contribution is 0.0240. The van der Waals surface area contributed by atoms with Gasteiger partial charge in [-0.25, -0.2) is 13.2 Å². The number of sulfone groups is 1. The van der Waals surface area contributed by atoms with Crippen LogP contribution in [0.25, 0.3) is 10.9 Å². The van der Waals surface area contributed by atoms with Gasteiger partial charge in [0.2, 0.25) is 9.84 Å². The van der Waals surface area contributed by atoms with Crippen LogP contribution in [0.15, 0.2) is 58.5 Å². The van der Waals surface area contributed by atoms with Crippen LogP contribution in [0.1, 0.15) is 20.8 Å². The quantitative estimate of drug-likeness (QED) is 0.593. The SMILES string of the molecule is CC(C)(C)OC(=O)N1CCN(c2cccc(S(=O)(=O)c3c[nH]c4ccc(Cl)cc34)c2)CC1. The van der Waals surface area contributed by atoms with Crippen molar-refractivity contribution in [3.63, 3.8) is 0 Å². The summed E-state index contributed by atoms with van der Waals surface area (Å²) in [4.78, 5) is 19.5. The highest BCUT2D eigenvalue weighted by atomic mass is 35.5. The number of aromatic amines is 1. The van der Waals surface area contributed by atoms with Crippen LogP contribution < -0.4 is 4.90 Å². The van der Waals surface area contributed by atoms with Crippen molar-refractivity contribution in [2.45, 2.75) is 36.2 Å². The highest BCUT2D eigenvalue weighted by Gasteiger charge is 2.27. The first-order chi connectivity index (χ1) is 15.0. The minimum Gasteiger partial charge on any atom is -0.444 e. The molecule has 1 N–H and O–H groups in total. The van der Waals surface area contributed by atoms with Gasteiger partial charge in [0.1, 0.15) is 5.60 Å². The third-order valence-corrected chi connectivity index (χ3v) is 7.35. The van der Waals surface area contributed by atoms with E-state index in [1.807, 2.05) is 26.8 Å². The molecule has 0 unspecified atom stereocenters. The van der Waals surface area contributed by atoms with Crippen LogP contribution in [0.3, 0.4) is 0 Å². The van der Waals surface area contributed by atoms with Gasteiger partial charge in [-0.05, 0) is 57.2 Å². The number of carbonyl (C=O) groups excluding carboxylic acids is 1. The van der Waals surface area contributed by atoms with Gasteiger partial charge in [0.05, 0.1) is 9.79 Å². The van der Waals surface area contributed by atoms with E-state index in [9.17, 15) is 13.2 Å². The lowest BCUT2D eigenvalue weighted by Gasteiger charge is -2.36. The minimum atomic E-state index is -3.75. The molecule has 32 heavy (non-hydrogen) atoms. The molecule has 2 heterocycles. The lowest BCUT2D eigenvalue weighted by atomic mass is 10.2. The molecule has 2 aromatic carbocycles. The summed E-state index contributed by atoms with van der Waals surface area (Å²) in [5.74, 6) is 0. The van der Waals surface area contributed by atoms with Crippen LogP contribution in [0.5, 0.6) is 0 Å². The number of H-pyrrole nitrogens is 1. The van der Waals surface area contributed by atoms with E-state index in [-0.39, 0.29) is 15.9 Å². The second kappa shape index (κ2) is 8.33. The van der Waals surface area contributed by atoms with Gasteiger partial charge in [0.25, 0.3) is 0 Å². The highest BCUT2D eigenvalue weighted by molar-refractivity contribution is 7.91. The van der Waals surface area contributed by atoms with Crippen molar-refractivity contribution >= 4 is 44.1 Å². The maximum atomic E-state index is 13.4. The molecule has 0 bridgehead atoms. The normalized spacial score (nSPS) is 15.2. The van der Waals surface area contributed by atoms with Gasteiger partial charge < -0.3 is 19.5 Å². The number of nitrogens with zero attached hydrogens (tertiary/aromatic N) is 2. The zero-order valence-corrected chi connectivity index (χ0v) is 19.8. The molecular weight excluding hydrogens is 450 g/mol. The van der Waals surface area contributed by atoms with Crippen LogP contribution >= 0.6 is 11.6 Å². The van der Waals surface area contributed by atoms with Gasteiger partial charge >= 0.3 is 6.09 Å². The third-order valence-electron chi connectivity index (χ3n) is 5.32. The summed E-state index contributed by atoms with van der Waals surface area (Å²) in [7, 11) is -3.75. The average molecular weight is 476 g/mol. The van der Waals surface area contributed by atoms with Crippen molar-refractivity contribution in [3.05, 3.63) is 53.7 Å². The van der Waals surface area contributed by atoms with Crippen molar-refractivity contribution in [3.8, 4) is 0 Å². The number of halogens is 1. The van der Waals surface area contributed by atoms with Gasteiger partial charge in [0.15, 0.2) is 0 Å². The Morgan fingerprint density at radius 2 is 1.78 bits per heavy atom. The number of fused-ring (bicyclic) bond motifs is 1. The molecule has 1 aliphatic heterocycles. The number of anilines is 1. The van der Waals surface area contributed by atoms with E-state index >= 15 is 0 Å². The van der Waals surface area contributed by atoms with E-state index < -0.39 is 15.4 Å². The maximum Gasteiger partial charge on any atom is 0.410 e. The number of carbonyl (C=O) groups is 1. The van der Waals surface area contributed by atoms with Gasteiger partial charge in [-0.1, -0.05) is 17.7 Å². The molecule has 4 rings (SSSR count). The molecule has 3 aromatic rings. The number of hydrogen-bond donors (Lipinski definition) is 1. The summed E-state index contributed by atoms with van der Waals surface area (Å²) in [6.07, 6.45) is 1.18. The Labute approximate surface area is 192 Å². The number of piperazine rings is 1. The summed E-state index contributed by atoms with van der Waals surface area (Å²) in [5, 5.41) is 1.04. The predicted molar refractivity (Wildman–Crippen MR) is 125 cm³/mol. The van der Waals surface area contributed by atoms with Gasteiger partial charge in [0, 0.05) is 54.0 Å². The van der Waals surface area contributed by atoms with Crippen LogP contribution in [0, 0.1) is 0 Å². The Morgan fingerprint density at radius 1 is 1.06 bits per heavy atom. The smallest absolute Gasteiger partial charge is 0.410 e. The van der Waals surface area contributed by atoms with Gasteiger partial charge in [-0.2, -0.15) is 0 Å². The molecule has 1 aromatic heterocycles. The fourth-order valence-electron chi connectivity index (χ4n) is 3.74. The van der Waals surface area contributed by atoms with Crippen molar-refractivity contribution in [1.29, 1.82) is 0 Å². The average Bonchev–Trinajstić information content (AvgIpc) is 3.16. The van der Waals surface area contributed by atoms with E-state index in [0.717, 1.165) is 5.69 Å². The van der Waals surface area contributed by atoms with Crippen LogP contribution in [0.2, 0.25) is 5.02 Å². The monoisotopic (exact) mass is 475 g/mol. The lowest BCUT2D eigenvalue weighted by Crippen LogP contribution is -2.50. The number of nitrogens with one attached hydrogen (secondary N) is 1. The Balaban J connectivity index is 1.54. The van der Waals surface area contributed by atoms with Crippen molar-refractivity contribution in [2.24, 2.45) is 0 Å². The molecule has 1 aliphatic rings. The van der Waals surface area contributed by atoms with Crippen LogP contribution in [-0.4, -0.2) is 56.2 Å². The summed E-state index contributed by atoms with van der Waals surface area (Å²) < 4.78 is 32.2. The molecule has 0 aliphatic carbocycles. The molecular formula is C23H26ClN3O4S.